The molecule has 1 aliphatic rings. The molecule has 0 radical (unpaired) electrons. The van der Waals surface area contributed by atoms with Crippen LogP contribution in [0.2, 0.25) is 0 Å². The Balaban J connectivity index is 1.88. The zero-order valence-corrected chi connectivity index (χ0v) is 11.0. The summed E-state index contributed by atoms with van der Waals surface area (Å²) < 4.78 is 9.99. The van der Waals surface area contributed by atoms with E-state index in [0.717, 1.165) is 0 Å². The molecule has 1 aromatic rings. The molecule has 1 aromatic heterocycles. The molecule has 1 fully saturated rings. The lowest BCUT2D eigenvalue weighted by Gasteiger charge is -2.13. The van der Waals surface area contributed by atoms with Crippen LogP contribution >= 0.6 is 0 Å². The Kier molecular flexibility index (Phi) is 4.52. The number of nitrogens with zero attached hydrogens (tertiary/aromatic N) is 1. The second kappa shape index (κ2) is 6.33. The molecule has 2 N–H and O–H groups in total. The molecule has 0 saturated carbocycles. The molecule has 0 bridgehead atoms. The second-order valence-electron chi connectivity index (χ2n) is 4.46. The molecule has 0 aromatic carbocycles. The maximum Gasteiger partial charge on any atom is 0.338 e. The number of aromatic nitrogens is 1. The lowest BCUT2D eigenvalue weighted by molar-refractivity contribution is -0.149. The Bertz CT molecular complexity index is 505. The van der Waals surface area contributed by atoms with E-state index < -0.39 is 18.0 Å². The number of nitrogens with one attached hydrogen (secondary N) is 1. The standard InChI is InChI=1S/C13H16N2O5/c1-19-13(18)8-4-5-14-11(6-8)15-7-9-2-3-10(20-9)12(16)17/h4-6,9-10H,2-3,7H2,1H3,(H,14,15)(H,16,17). The van der Waals surface area contributed by atoms with E-state index in [1.807, 2.05) is 0 Å². The lowest BCUT2D eigenvalue weighted by Crippen LogP contribution is -2.24. The first-order valence-electron chi connectivity index (χ1n) is 6.26. The Hall–Kier alpha value is -2.15. The molecular weight excluding hydrogens is 264 g/mol. The van der Waals surface area contributed by atoms with E-state index in [2.05, 4.69) is 15.0 Å². The third kappa shape index (κ3) is 3.45. The monoisotopic (exact) mass is 280 g/mol. The molecule has 7 heteroatoms. The highest BCUT2D eigenvalue weighted by Crippen LogP contribution is 2.20. The fourth-order valence-corrected chi connectivity index (χ4v) is 2.03. The Morgan fingerprint density at radius 1 is 1.55 bits per heavy atom. The van der Waals surface area contributed by atoms with Gasteiger partial charge in [0.25, 0.3) is 0 Å². The number of carboxylic acid groups (broad SMARTS) is 1. The summed E-state index contributed by atoms with van der Waals surface area (Å²) in [5, 5.41) is 11.9. The molecule has 0 spiro atoms. The number of hydrogen-bond acceptors (Lipinski definition) is 6. The molecule has 2 heterocycles. The largest absolute Gasteiger partial charge is 0.479 e. The first-order valence-corrected chi connectivity index (χ1v) is 6.26. The number of pyridine rings is 1. The maximum absolute atomic E-state index is 11.4. The normalized spacial score (nSPS) is 21.4. The van der Waals surface area contributed by atoms with Crippen molar-refractivity contribution in [3.63, 3.8) is 0 Å². The first-order chi connectivity index (χ1) is 9.60. The number of anilines is 1. The van der Waals surface area contributed by atoms with E-state index in [9.17, 15) is 9.59 Å². The van der Waals surface area contributed by atoms with Crippen molar-refractivity contribution in [2.45, 2.75) is 25.0 Å². The van der Waals surface area contributed by atoms with Gasteiger partial charge in [0.2, 0.25) is 0 Å². The number of hydrogen-bond donors (Lipinski definition) is 2. The average molecular weight is 280 g/mol. The molecule has 20 heavy (non-hydrogen) atoms. The number of carboxylic acids is 1. The van der Waals surface area contributed by atoms with E-state index in [1.165, 1.54) is 13.3 Å². The summed E-state index contributed by atoms with van der Waals surface area (Å²) in [6.07, 6.45) is 1.80. The molecule has 2 unspecified atom stereocenters. The van der Waals surface area contributed by atoms with E-state index in [-0.39, 0.29) is 6.10 Å². The van der Waals surface area contributed by atoms with Crippen molar-refractivity contribution in [3.8, 4) is 0 Å². The van der Waals surface area contributed by atoms with Crippen LogP contribution in [0.5, 0.6) is 0 Å². The Morgan fingerprint density at radius 2 is 2.35 bits per heavy atom. The molecule has 1 aliphatic heterocycles. The number of rotatable bonds is 5. The van der Waals surface area contributed by atoms with Gasteiger partial charge in [-0.25, -0.2) is 14.6 Å². The van der Waals surface area contributed by atoms with Crippen LogP contribution < -0.4 is 5.32 Å². The number of carbonyl (C=O) groups excluding carboxylic acids is 1. The average Bonchev–Trinajstić information content (AvgIpc) is 2.93. The molecule has 0 amide bonds. The van der Waals surface area contributed by atoms with Crippen LogP contribution in [-0.4, -0.2) is 47.9 Å². The minimum absolute atomic E-state index is 0.167. The van der Waals surface area contributed by atoms with E-state index in [1.54, 1.807) is 12.1 Å². The number of ether oxygens (including phenoxy) is 2. The number of esters is 1. The molecule has 108 valence electrons. The Labute approximate surface area is 115 Å². The van der Waals surface area contributed by atoms with Crippen molar-refractivity contribution in [2.24, 2.45) is 0 Å². The van der Waals surface area contributed by atoms with Gasteiger partial charge in [-0.3, -0.25) is 0 Å². The third-order valence-corrected chi connectivity index (χ3v) is 3.07. The van der Waals surface area contributed by atoms with Gasteiger partial charge < -0.3 is 19.9 Å². The maximum atomic E-state index is 11.4. The molecular formula is C13H16N2O5. The number of carbonyl (C=O) groups is 2. The summed E-state index contributed by atoms with van der Waals surface area (Å²) >= 11 is 0. The summed E-state index contributed by atoms with van der Waals surface area (Å²) in [6.45, 7) is 0.446. The van der Waals surface area contributed by atoms with E-state index in [4.69, 9.17) is 9.84 Å². The van der Waals surface area contributed by atoms with Gasteiger partial charge in [0.1, 0.15) is 5.82 Å². The minimum atomic E-state index is -0.932. The highest BCUT2D eigenvalue weighted by Gasteiger charge is 2.30. The SMILES string of the molecule is COC(=O)c1ccnc(NCC2CCC(C(=O)O)O2)c1. The number of aliphatic carboxylic acids is 1. The fourth-order valence-electron chi connectivity index (χ4n) is 2.03. The summed E-state index contributed by atoms with van der Waals surface area (Å²) in [7, 11) is 1.31. The van der Waals surface area contributed by atoms with Gasteiger partial charge in [-0.15, -0.1) is 0 Å². The van der Waals surface area contributed by atoms with Crippen molar-refractivity contribution < 1.29 is 24.2 Å². The van der Waals surface area contributed by atoms with Crippen LogP contribution in [0.25, 0.3) is 0 Å². The second-order valence-corrected chi connectivity index (χ2v) is 4.46. The topological polar surface area (TPSA) is 97.8 Å². The summed E-state index contributed by atoms with van der Waals surface area (Å²) in [5.74, 6) is -0.841. The van der Waals surface area contributed by atoms with Gasteiger partial charge in [-0.1, -0.05) is 0 Å². The number of methoxy groups -OCH3 is 1. The van der Waals surface area contributed by atoms with Crippen LogP contribution in [0.3, 0.4) is 0 Å². The molecule has 7 nitrogen and oxygen atoms in total. The van der Waals surface area contributed by atoms with Gasteiger partial charge in [0.15, 0.2) is 6.10 Å². The summed E-state index contributed by atoms with van der Waals surface area (Å²) in [4.78, 5) is 26.2. The van der Waals surface area contributed by atoms with Gasteiger partial charge in [0, 0.05) is 12.7 Å². The smallest absolute Gasteiger partial charge is 0.338 e. The highest BCUT2D eigenvalue weighted by atomic mass is 16.5. The quantitative estimate of drug-likeness (QED) is 0.773. The lowest BCUT2D eigenvalue weighted by atomic mass is 10.2. The first kappa shape index (κ1) is 14.3. The van der Waals surface area contributed by atoms with Crippen molar-refractivity contribution >= 4 is 17.8 Å². The van der Waals surface area contributed by atoms with Crippen LogP contribution in [0.1, 0.15) is 23.2 Å². The highest BCUT2D eigenvalue weighted by molar-refractivity contribution is 5.89. The molecule has 2 rings (SSSR count). The van der Waals surface area contributed by atoms with Gasteiger partial charge >= 0.3 is 11.9 Å². The Morgan fingerprint density at radius 3 is 3.00 bits per heavy atom. The molecule has 1 saturated heterocycles. The van der Waals surface area contributed by atoms with Gasteiger partial charge in [0.05, 0.1) is 18.8 Å². The zero-order chi connectivity index (χ0) is 14.5. The zero-order valence-electron chi connectivity index (χ0n) is 11.0. The van der Waals surface area contributed by atoms with E-state index >= 15 is 0 Å². The third-order valence-electron chi connectivity index (χ3n) is 3.07. The van der Waals surface area contributed by atoms with Gasteiger partial charge in [-0.05, 0) is 25.0 Å². The fraction of sp³-hybridized carbons (Fsp3) is 0.462. The van der Waals surface area contributed by atoms with Crippen molar-refractivity contribution in [1.82, 2.24) is 4.98 Å². The predicted octanol–water partition coefficient (Wildman–Crippen LogP) is 0.912. The van der Waals surface area contributed by atoms with Crippen molar-refractivity contribution in [2.75, 3.05) is 19.0 Å². The van der Waals surface area contributed by atoms with Crippen molar-refractivity contribution in [3.05, 3.63) is 23.9 Å². The van der Waals surface area contributed by atoms with Gasteiger partial charge in [-0.2, -0.15) is 0 Å². The van der Waals surface area contributed by atoms with E-state index in [0.29, 0.717) is 30.8 Å². The summed E-state index contributed by atoms with van der Waals surface area (Å²) in [5.41, 5.74) is 0.403. The minimum Gasteiger partial charge on any atom is -0.479 e. The molecule has 0 aliphatic carbocycles. The predicted molar refractivity (Wildman–Crippen MR) is 69.6 cm³/mol. The van der Waals surface area contributed by atoms with Crippen molar-refractivity contribution in [1.29, 1.82) is 0 Å². The molecule has 2 atom stereocenters. The van der Waals surface area contributed by atoms with Crippen LogP contribution in [-0.2, 0) is 14.3 Å². The van der Waals surface area contributed by atoms with Crippen LogP contribution in [0.4, 0.5) is 5.82 Å². The summed E-state index contributed by atoms with van der Waals surface area (Å²) in [6, 6.07) is 3.14. The van der Waals surface area contributed by atoms with Crippen LogP contribution in [0, 0.1) is 0 Å². The van der Waals surface area contributed by atoms with Crippen LogP contribution in [0.15, 0.2) is 18.3 Å².